The van der Waals surface area contributed by atoms with Crippen molar-refractivity contribution in [1.29, 1.82) is 0 Å². The number of carbonyl (C=O) groups excluding carboxylic acids is 1. The molecule has 0 atom stereocenters. The predicted octanol–water partition coefficient (Wildman–Crippen LogP) is 3.72. The smallest absolute Gasteiger partial charge is 0.258 e. The van der Waals surface area contributed by atoms with Crippen LogP contribution in [-0.2, 0) is 11.3 Å². The maximum absolute atomic E-state index is 13.3. The van der Waals surface area contributed by atoms with E-state index in [2.05, 4.69) is 9.97 Å². The fraction of sp³-hybridized carbons (Fsp3) is 0.375. The van der Waals surface area contributed by atoms with Crippen molar-refractivity contribution in [3.8, 4) is 0 Å². The topological polar surface area (TPSA) is 69.3 Å². The quantitative estimate of drug-likeness (QED) is 0.680. The molecule has 1 amide bonds. The van der Waals surface area contributed by atoms with E-state index in [-0.39, 0.29) is 24.1 Å². The van der Waals surface area contributed by atoms with E-state index in [1.165, 1.54) is 19.3 Å². The second-order valence-corrected chi connectivity index (χ2v) is 8.09. The average Bonchev–Trinajstić information content (AvgIpc) is 2.75. The summed E-state index contributed by atoms with van der Waals surface area (Å²) >= 11 is 0. The fourth-order valence-corrected chi connectivity index (χ4v) is 4.31. The van der Waals surface area contributed by atoms with E-state index in [4.69, 9.17) is 0 Å². The standard InChI is InChI=1S/C24H28N4O2/c1-27(16-22-25-21-15-9-8-14-20(21)24(30)26-22)17-23(29)28(18-10-4-2-5-11-18)19-12-6-3-7-13-19/h2,4-5,8-11,14-15,19H,3,6-7,12-13,16-17H2,1H3,(H,25,26,30). The molecule has 1 aliphatic rings. The molecule has 3 aromatic rings. The summed E-state index contributed by atoms with van der Waals surface area (Å²) in [5, 5.41) is 0.576. The highest BCUT2D eigenvalue weighted by Gasteiger charge is 2.27. The molecular formula is C24H28N4O2. The number of amides is 1. The van der Waals surface area contributed by atoms with Crippen LogP contribution in [0.1, 0.15) is 37.9 Å². The molecule has 0 bridgehead atoms. The van der Waals surface area contributed by atoms with Gasteiger partial charge in [0.15, 0.2) is 0 Å². The summed E-state index contributed by atoms with van der Waals surface area (Å²) in [6, 6.07) is 17.5. The first-order valence-corrected chi connectivity index (χ1v) is 10.7. The number of fused-ring (bicyclic) bond motifs is 1. The first kappa shape index (κ1) is 20.3. The van der Waals surface area contributed by atoms with Crippen LogP contribution in [-0.4, -0.2) is 40.4 Å². The number of hydrogen-bond donors (Lipinski definition) is 1. The van der Waals surface area contributed by atoms with Crippen molar-refractivity contribution in [2.45, 2.75) is 44.7 Å². The molecule has 1 N–H and O–H groups in total. The zero-order chi connectivity index (χ0) is 20.9. The van der Waals surface area contributed by atoms with Crippen molar-refractivity contribution in [2.24, 2.45) is 0 Å². The van der Waals surface area contributed by atoms with Gasteiger partial charge in [-0.25, -0.2) is 4.98 Å². The molecule has 30 heavy (non-hydrogen) atoms. The first-order valence-electron chi connectivity index (χ1n) is 10.7. The highest BCUT2D eigenvalue weighted by molar-refractivity contribution is 5.95. The fourth-order valence-electron chi connectivity index (χ4n) is 4.31. The number of aromatic nitrogens is 2. The monoisotopic (exact) mass is 404 g/mol. The Morgan fingerprint density at radius 2 is 1.73 bits per heavy atom. The van der Waals surface area contributed by atoms with Crippen LogP contribution in [0, 0.1) is 0 Å². The lowest BCUT2D eigenvalue weighted by Crippen LogP contribution is -2.46. The molecule has 1 heterocycles. The normalized spacial score (nSPS) is 14.9. The molecule has 0 unspecified atom stereocenters. The Bertz CT molecular complexity index is 1060. The molecule has 1 aliphatic carbocycles. The Kier molecular flexibility index (Phi) is 6.23. The predicted molar refractivity (Wildman–Crippen MR) is 119 cm³/mol. The van der Waals surface area contributed by atoms with Gasteiger partial charge in [0.1, 0.15) is 5.82 Å². The summed E-state index contributed by atoms with van der Waals surface area (Å²) in [5.41, 5.74) is 1.48. The van der Waals surface area contributed by atoms with Crippen molar-refractivity contribution in [3.05, 3.63) is 70.8 Å². The summed E-state index contributed by atoms with van der Waals surface area (Å²) in [5.74, 6) is 0.650. The summed E-state index contributed by atoms with van der Waals surface area (Å²) in [6.45, 7) is 0.668. The number of benzene rings is 2. The molecule has 0 radical (unpaired) electrons. The number of aromatic amines is 1. The molecule has 0 spiro atoms. The van der Waals surface area contributed by atoms with Crippen LogP contribution in [0.5, 0.6) is 0 Å². The van der Waals surface area contributed by atoms with Crippen LogP contribution in [0.3, 0.4) is 0 Å². The van der Waals surface area contributed by atoms with Gasteiger partial charge in [0, 0.05) is 11.7 Å². The zero-order valence-electron chi connectivity index (χ0n) is 17.4. The summed E-state index contributed by atoms with van der Waals surface area (Å²) < 4.78 is 0. The van der Waals surface area contributed by atoms with Crippen molar-refractivity contribution < 1.29 is 4.79 Å². The van der Waals surface area contributed by atoms with Gasteiger partial charge < -0.3 is 9.88 Å². The molecule has 2 aromatic carbocycles. The van der Waals surface area contributed by atoms with Crippen LogP contribution in [0.15, 0.2) is 59.4 Å². The van der Waals surface area contributed by atoms with Crippen molar-refractivity contribution >= 4 is 22.5 Å². The van der Waals surface area contributed by atoms with Gasteiger partial charge in [-0.3, -0.25) is 14.5 Å². The van der Waals surface area contributed by atoms with Crippen LogP contribution in [0.2, 0.25) is 0 Å². The molecule has 6 heteroatoms. The third-order valence-electron chi connectivity index (χ3n) is 5.73. The number of nitrogens with one attached hydrogen (secondary N) is 1. The Balaban J connectivity index is 1.50. The summed E-state index contributed by atoms with van der Waals surface area (Å²) in [7, 11) is 1.89. The Morgan fingerprint density at radius 3 is 2.50 bits per heavy atom. The Labute approximate surface area is 176 Å². The van der Waals surface area contributed by atoms with E-state index in [0.717, 1.165) is 18.5 Å². The number of H-pyrrole nitrogens is 1. The van der Waals surface area contributed by atoms with Crippen molar-refractivity contribution in [3.63, 3.8) is 0 Å². The minimum atomic E-state index is -0.150. The van der Waals surface area contributed by atoms with Gasteiger partial charge in [0.2, 0.25) is 5.91 Å². The molecule has 156 valence electrons. The zero-order valence-corrected chi connectivity index (χ0v) is 17.4. The number of para-hydroxylation sites is 2. The third kappa shape index (κ3) is 4.60. The van der Waals surface area contributed by atoms with E-state index in [0.29, 0.717) is 23.3 Å². The van der Waals surface area contributed by atoms with E-state index >= 15 is 0 Å². The lowest BCUT2D eigenvalue weighted by Gasteiger charge is -2.35. The largest absolute Gasteiger partial charge is 0.309 e. The van der Waals surface area contributed by atoms with Crippen LogP contribution in [0.4, 0.5) is 5.69 Å². The Hall–Kier alpha value is -2.99. The number of anilines is 1. The number of carbonyl (C=O) groups is 1. The number of nitrogens with zero attached hydrogens (tertiary/aromatic N) is 3. The minimum absolute atomic E-state index is 0.0822. The van der Waals surface area contributed by atoms with Gasteiger partial charge in [0.25, 0.3) is 5.56 Å². The molecule has 4 rings (SSSR count). The maximum Gasteiger partial charge on any atom is 0.258 e. The van der Waals surface area contributed by atoms with Crippen LogP contribution in [0.25, 0.3) is 10.9 Å². The SMILES string of the molecule is CN(CC(=O)N(c1ccccc1)C1CCCCC1)Cc1nc2ccccc2c(=O)[nH]1. The molecular weight excluding hydrogens is 376 g/mol. The van der Waals surface area contributed by atoms with Crippen LogP contribution >= 0.6 is 0 Å². The van der Waals surface area contributed by atoms with Crippen molar-refractivity contribution in [1.82, 2.24) is 14.9 Å². The van der Waals surface area contributed by atoms with E-state index in [9.17, 15) is 9.59 Å². The van der Waals surface area contributed by atoms with Crippen molar-refractivity contribution in [2.75, 3.05) is 18.5 Å². The lowest BCUT2D eigenvalue weighted by molar-refractivity contribution is -0.120. The second-order valence-electron chi connectivity index (χ2n) is 8.09. The van der Waals surface area contributed by atoms with Gasteiger partial charge in [0.05, 0.1) is 24.0 Å². The lowest BCUT2D eigenvalue weighted by atomic mass is 9.93. The van der Waals surface area contributed by atoms with Crippen LogP contribution < -0.4 is 10.5 Å². The van der Waals surface area contributed by atoms with Gasteiger partial charge in [-0.05, 0) is 44.2 Å². The molecule has 0 saturated heterocycles. The van der Waals surface area contributed by atoms with E-state index < -0.39 is 0 Å². The van der Waals surface area contributed by atoms with Gasteiger partial charge in [-0.2, -0.15) is 0 Å². The number of likely N-dealkylation sites (N-methyl/N-ethyl adjacent to an activating group) is 1. The van der Waals surface area contributed by atoms with E-state index in [1.54, 1.807) is 6.07 Å². The third-order valence-corrected chi connectivity index (χ3v) is 5.73. The highest BCUT2D eigenvalue weighted by Crippen LogP contribution is 2.27. The molecule has 6 nitrogen and oxygen atoms in total. The molecule has 1 saturated carbocycles. The maximum atomic E-state index is 13.3. The molecule has 1 fully saturated rings. The van der Waals surface area contributed by atoms with Gasteiger partial charge in [-0.1, -0.05) is 49.6 Å². The first-order chi connectivity index (χ1) is 14.6. The summed E-state index contributed by atoms with van der Waals surface area (Å²) in [4.78, 5) is 36.9. The summed E-state index contributed by atoms with van der Waals surface area (Å²) in [6.07, 6.45) is 5.67. The Morgan fingerprint density at radius 1 is 1.03 bits per heavy atom. The second kappa shape index (κ2) is 9.22. The van der Waals surface area contributed by atoms with E-state index in [1.807, 2.05) is 65.4 Å². The minimum Gasteiger partial charge on any atom is -0.309 e. The molecule has 1 aromatic heterocycles. The molecule has 0 aliphatic heterocycles. The average molecular weight is 405 g/mol. The van der Waals surface area contributed by atoms with Gasteiger partial charge >= 0.3 is 0 Å². The number of hydrogen-bond acceptors (Lipinski definition) is 4. The number of rotatable bonds is 6. The van der Waals surface area contributed by atoms with Gasteiger partial charge in [-0.15, -0.1) is 0 Å². The highest BCUT2D eigenvalue weighted by atomic mass is 16.2.